The van der Waals surface area contributed by atoms with Gasteiger partial charge in [0.2, 0.25) is 0 Å². The number of aromatic nitrogens is 1. The lowest BCUT2D eigenvalue weighted by molar-refractivity contribution is 0.0242. The average molecular weight is 252 g/mol. The number of nitrogens with zero attached hydrogens (tertiary/aromatic N) is 2. The fourth-order valence-corrected chi connectivity index (χ4v) is 4.08. The molecule has 2 saturated heterocycles. The zero-order chi connectivity index (χ0) is 11.9. The molecular formula is C13H20N2OS. The van der Waals surface area contributed by atoms with Crippen molar-refractivity contribution in [2.75, 3.05) is 24.7 Å². The predicted octanol–water partition coefficient (Wildman–Crippen LogP) is 2.85. The summed E-state index contributed by atoms with van der Waals surface area (Å²) in [6, 6.07) is 0.624. The van der Waals surface area contributed by atoms with E-state index < -0.39 is 0 Å². The molecule has 17 heavy (non-hydrogen) atoms. The van der Waals surface area contributed by atoms with Crippen LogP contribution < -0.4 is 4.90 Å². The van der Waals surface area contributed by atoms with Crippen LogP contribution in [0.15, 0.2) is 6.20 Å². The van der Waals surface area contributed by atoms with Crippen molar-refractivity contribution < 1.29 is 4.74 Å². The highest BCUT2D eigenvalue weighted by molar-refractivity contribution is 7.15. The Hall–Kier alpha value is -0.610. The molecule has 0 bridgehead atoms. The summed E-state index contributed by atoms with van der Waals surface area (Å²) in [5, 5.41) is 1.21. The minimum atomic E-state index is 0.497. The Morgan fingerprint density at radius 2 is 2.24 bits per heavy atom. The third-order valence-electron chi connectivity index (χ3n) is 4.17. The van der Waals surface area contributed by atoms with Gasteiger partial charge in [-0.05, 0) is 38.5 Å². The normalized spacial score (nSPS) is 27.9. The predicted molar refractivity (Wildman–Crippen MR) is 70.8 cm³/mol. The van der Waals surface area contributed by atoms with E-state index in [4.69, 9.17) is 4.74 Å². The minimum Gasteiger partial charge on any atom is -0.381 e. The summed E-state index contributed by atoms with van der Waals surface area (Å²) in [4.78, 5) is 8.35. The number of anilines is 1. The lowest BCUT2D eigenvalue weighted by atomic mass is 9.78. The van der Waals surface area contributed by atoms with Crippen LogP contribution >= 0.6 is 11.3 Å². The minimum absolute atomic E-state index is 0.497. The van der Waals surface area contributed by atoms with Crippen molar-refractivity contribution in [3.63, 3.8) is 0 Å². The number of hydrogen-bond donors (Lipinski definition) is 0. The molecule has 2 fully saturated rings. The number of thiazole rings is 1. The molecule has 1 aromatic rings. The molecule has 3 rings (SSSR count). The largest absolute Gasteiger partial charge is 0.381 e. The summed E-state index contributed by atoms with van der Waals surface area (Å²) in [7, 11) is 0. The van der Waals surface area contributed by atoms with Gasteiger partial charge in [-0.25, -0.2) is 4.98 Å². The summed E-state index contributed by atoms with van der Waals surface area (Å²) < 4.78 is 5.50. The van der Waals surface area contributed by atoms with E-state index in [0.29, 0.717) is 11.5 Å². The molecule has 1 unspecified atom stereocenters. The molecule has 4 heteroatoms. The number of aryl methyl sites for hydroxylation is 1. The molecule has 94 valence electrons. The van der Waals surface area contributed by atoms with Crippen LogP contribution in [0.5, 0.6) is 0 Å². The van der Waals surface area contributed by atoms with Crippen LogP contribution in [0.3, 0.4) is 0 Å². The lowest BCUT2D eigenvalue weighted by Gasteiger charge is -2.32. The van der Waals surface area contributed by atoms with Gasteiger partial charge in [0.1, 0.15) is 0 Å². The highest BCUT2D eigenvalue weighted by Gasteiger charge is 2.43. The second kappa shape index (κ2) is 4.25. The molecule has 0 aromatic carbocycles. The first kappa shape index (κ1) is 11.5. The van der Waals surface area contributed by atoms with Crippen LogP contribution in [-0.4, -0.2) is 30.8 Å². The maximum absolute atomic E-state index is 5.50. The summed E-state index contributed by atoms with van der Waals surface area (Å²) in [6.07, 6.45) is 5.73. The van der Waals surface area contributed by atoms with E-state index in [0.717, 1.165) is 13.2 Å². The van der Waals surface area contributed by atoms with Crippen LogP contribution in [0.2, 0.25) is 0 Å². The van der Waals surface area contributed by atoms with E-state index in [1.807, 2.05) is 17.5 Å². The van der Waals surface area contributed by atoms with Gasteiger partial charge in [-0.3, -0.25) is 0 Å². The molecule has 0 aliphatic carbocycles. The molecule has 3 heterocycles. The van der Waals surface area contributed by atoms with Crippen LogP contribution in [0.1, 0.15) is 31.1 Å². The van der Waals surface area contributed by atoms with Crippen LogP contribution in [0.25, 0.3) is 0 Å². The second-order valence-electron chi connectivity index (χ2n) is 5.55. The Morgan fingerprint density at radius 3 is 2.88 bits per heavy atom. The molecule has 0 saturated carbocycles. The van der Waals surface area contributed by atoms with Crippen molar-refractivity contribution in [1.29, 1.82) is 0 Å². The Morgan fingerprint density at radius 1 is 1.47 bits per heavy atom. The van der Waals surface area contributed by atoms with Gasteiger partial charge < -0.3 is 9.64 Å². The van der Waals surface area contributed by atoms with Gasteiger partial charge in [-0.15, -0.1) is 11.3 Å². The smallest absolute Gasteiger partial charge is 0.185 e. The number of hydrogen-bond acceptors (Lipinski definition) is 4. The van der Waals surface area contributed by atoms with Crippen molar-refractivity contribution in [2.45, 2.75) is 39.2 Å². The lowest BCUT2D eigenvalue weighted by Crippen LogP contribution is -2.33. The van der Waals surface area contributed by atoms with Gasteiger partial charge in [-0.1, -0.05) is 0 Å². The van der Waals surface area contributed by atoms with E-state index in [2.05, 4.69) is 23.7 Å². The highest BCUT2D eigenvalue weighted by atomic mass is 32.1. The summed E-state index contributed by atoms with van der Waals surface area (Å²) in [6.45, 7) is 7.52. The van der Waals surface area contributed by atoms with E-state index in [9.17, 15) is 0 Å². The monoisotopic (exact) mass is 252 g/mol. The highest BCUT2D eigenvalue weighted by Crippen LogP contribution is 2.44. The van der Waals surface area contributed by atoms with Gasteiger partial charge in [0.25, 0.3) is 0 Å². The molecule has 2 aliphatic rings. The van der Waals surface area contributed by atoms with E-state index >= 15 is 0 Å². The zero-order valence-corrected chi connectivity index (χ0v) is 11.4. The van der Waals surface area contributed by atoms with Crippen molar-refractivity contribution in [3.8, 4) is 0 Å². The molecule has 1 atom stereocenters. The van der Waals surface area contributed by atoms with Gasteiger partial charge >= 0.3 is 0 Å². The molecular weight excluding hydrogens is 232 g/mol. The second-order valence-corrected chi connectivity index (χ2v) is 6.76. The SMILES string of the molecule is Cc1cnc(N2CC3(CCOCC3)CC2C)s1. The van der Waals surface area contributed by atoms with Gasteiger partial charge in [0.05, 0.1) is 0 Å². The van der Waals surface area contributed by atoms with E-state index in [1.165, 1.54) is 35.8 Å². The van der Waals surface area contributed by atoms with Crippen molar-refractivity contribution in [2.24, 2.45) is 5.41 Å². The topological polar surface area (TPSA) is 25.4 Å². The van der Waals surface area contributed by atoms with Crippen LogP contribution in [0.4, 0.5) is 5.13 Å². The fraction of sp³-hybridized carbons (Fsp3) is 0.769. The first-order chi connectivity index (χ1) is 8.19. The first-order valence-electron chi connectivity index (χ1n) is 6.45. The maximum atomic E-state index is 5.50. The van der Waals surface area contributed by atoms with Gasteiger partial charge in [-0.2, -0.15) is 0 Å². The third kappa shape index (κ3) is 2.08. The Bertz CT molecular complexity index is 398. The quantitative estimate of drug-likeness (QED) is 0.768. The third-order valence-corrected chi connectivity index (χ3v) is 5.12. The fourth-order valence-electron chi connectivity index (χ4n) is 3.22. The Kier molecular flexibility index (Phi) is 2.87. The molecule has 1 spiro atoms. The molecule has 0 radical (unpaired) electrons. The summed E-state index contributed by atoms with van der Waals surface area (Å²) in [5.41, 5.74) is 0.497. The summed E-state index contributed by atoms with van der Waals surface area (Å²) in [5.74, 6) is 0. The van der Waals surface area contributed by atoms with Crippen LogP contribution in [-0.2, 0) is 4.74 Å². The Balaban J connectivity index is 1.79. The zero-order valence-electron chi connectivity index (χ0n) is 10.6. The van der Waals surface area contributed by atoms with E-state index in [1.54, 1.807) is 0 Å². The molecule has 0 N–H and O–H groups in total. The van der Waals surface area contributed by atoms with Gasteiger partial charge in [0.15, 0.2) is 5.13 Å². The van der Waals surface area contributed by atoms with Crippen molar-refractivity contribution in [3.05, 3.63) is 11.1 Å². The van der Waals surface area contributed by atoms with Gasteiger partial charge in [0, 0.05) is 36.9 Å². The number of rotatable bonds is 1. The number of ether oxygens (including phenoxy) is 1. The molecule has 2 aliphatic heterocycles. The first-order valence-corrected chi connectivity index (χ1v) is 7.27. The molecule has 3 nitrogen and oxygen atoms in total. The maximum Gasteiger partial charge on any atom is 0.185 e. The molecule has 0 amide bonds. The molecule has 1 aromatic heterocycles. The average Bonchev–Trinajstić information content (AvgIpc) is 2.85. The van der Waals surface area contributed by atoms with Crippen molar-refractivity contribution >= 4 is 16.5 Å². The Labute approximate surface area is 107 Å². The summed E-state index contributed by atoms with van der Waals surface area (Å²) >= 11 is 1.82. The van der Waals surface area contributed by atoms with Crippen molar-refractivity contribution in [1.82, 2.24) is 4.98 Å². The van der Waals surface area contributed by atoms with Crippen LogP contribution in [0, 0.1) is 12.3 Å². The van der Waals surface area contributed by atoms with E-state index in [-0.39, 0.29) is 0 Å². The standard InChI is InChI=1S/C13H20N2OS/c1-10-7-13(3-5-16-6-4-13)9-15(10)12-14-8-11(2)17-12/h8,10H,3-7,9H2,1-2H3.